The van der Waals surface area contributed by atoms with Crippen molar-refractivity contribution in [3.8, 4) is 0 Å². The lowest BCUT2D eigenvalue weighted by Crippen LogP contribution is -2.46. The zero-order valence-corrected chi connectivity index (χ0v) is 13.0. The summed E-state index contributed by atoms with van der Waals surface area (Å²) < 4.78 is 0. The number of thioether (sulfide) groups is 1. The first kappa shape index (κ1) is 14.7. The highest BCUT2D eigenvalue weighted by atomic mass is 32.2. The van der Waals surface area contributed by atoms with Gasteiger partial charge in [0, 0.05) is 17.3 Å². The minimum absolute atomic E-state index is 0.00289. The minimum Gasteiger partial charge on any atom is -0.359 e. The van der Waals surface area contributed by atoms with E-state index in [-0.39, 0.29) is 24.0 Å². The molecular weight excluding hydrogens is 258 g/mol. The molecule has 0 aromatic carbocycles. The van der Waals surface area contributed by atoms with Gasteiger partial charge in [0.2, 0.25) is 5.91 Å². The average molecular weight is 283 g/mol. The first-order valence-electron chi connectivity index (χ1n) is 7.24. The van der Waals surface area contributed by atoms with Crippen LogP contribution in [0.2, 0.25) is 0 Å². The van der Waals surface area contributed by atoms with Crippen molar-refractivity contribution in [1.29, 1.82) is 0 Å². The summed E-state index contributed by atoms with van der Waals surface area (Å²) in [5.74, 6) is 1.96. The van der Waals surface area contributed by atoms with Crippen molar-refractivity contribution in [3.63, 3.8) is 0 Å². The van der Waals surface area contributed by atoms with Crippen LogP contribution in [0.25, 0.3) is 0 Å². The van der Waals surface area contributed by atoms with Crippen LogP contribution in [0, 0.1) is 5.92 Å². The zero-order valence-electron chi connectivity index (χ0n) is 12.2. The molecule has 2 fully saturated rings. The molecule has 0 aromatic rings. The van der Waals surface area contributed by atoms with Crippen LogP contribution in [0.4, 0.5) is 0 Å². The van der Waals surface area contributed by atoms with Gasteiger partial charge in [-0.1, -0.05) is 18.7 Å². The molecule has 2 rings (SSSR count). The Hall–Kier alpha value is -0.710. The summed E-state index contributed by atoms with van der Waals surface area (Å²) in [5.41, 5.74) is 0.254. The van der Waals surface area contributed by atoms with E-state index in [2.05, 4.69) is 22.5 Å². The Morgan fingerprint density at radius 3 is 2.84 bits per heavy atom. The molecule has 5 heteroatoms. The summed E-state index contributed by atoms with van der Waals surface area (Å²) in [5, 5.41) is 7.38. The van der Waals surface area contributed by atoms with Gasteiger partial charge in [-0.3, -0.25) is 9.79 Å². The number of carbonyl (C=O) groups is 1. The van der Waals surface area contributed by atoms with Crippen LogP contribution < -0.4 is 10.6 Å². The lowest BCUT2D eigenvalue weighted by Gasteiger charge is -2.35. The maximum absolute atomic E-state index is 11.6. The number of amidine groups is 1. The number of carbonyl (C=O) groups excluding carboxylic acids is 1. The summed E-state index contributed by atoms with van der Waals surface area (Å²) in [6, 6.07) is 0.183. The second-order valence-electron chi connectivity index (χ2n) is 6.22. The highest BCUT2D eigenvalue weighted by molar-refractivity contribution is 8.14. The molecule has 1 saturated carbocycles. The summed E-state index contributed by atoms with van der Waals surface area (Å²) in [6.07, 6.45) is 5.07. The van der Waals surface area contributed by atoms with E-state index in [1.165, 1.54) is 25.7 Å². The maximum Gasteiger partial charge on any atom is 0.241 e. The van der Waals surface area contributed by atoms with E-state index < -0.39 is 0 Å². The van der Waals surface area contributed by atoms with Crippen LogP contribution in [0.3, 0.4) is 0 Å². The number of rotatable bonds is 3. The van der Waals surface area contributed by atoms with Gasteiger partial charge in [-0.25, -0.2) is 0 Å². The molecule has 4 nitrogen and oxygen atoms in total. The number of hydrogen-bond acceptors (Lipinski definition) is 3. The largest absolute Gasteiger partial charge is 0.359 e. The number of nitrogens with zero attached hydrogens (tertiary/aromatic N) is 1. The first-order valence-corrected chi connectivity index (χ1v) is 8.22. The molecule has 19 heavy (non-hydrogen) atoms. The second kappa shape index (κ2) is 6.16. The third kappa shape index (κ3) is 4.13. The molecule has 2 aliphatic rings. The van der Waals surface area contributed by atoms with E-state index >= 15 is 0 Å². The maximum atomic E-state index is 11.6. The van der Waals surface area contributed by atoms with Gasteiger partial charge in [0.05, 0.1) is 0 Å². The van der Waals surface area contributed by atoms with Crippen molar-refractivity contribution in [1.82, 2.24) is 10.6 Å². The summed E-state index contributed by atoms with van der Waals surface area (Å²) in [4.78, 5) is 16.0. The number of hydrogen-bond donors (Lipinski definition) is 2. The van der Waals surface area contributed by atoms with E-state index in [9.17, 15) is 4.79 Å². The monoisotopic (exact) mass is 283 g/mol. The third-order valence-corrected chi connectivity index (χ3v) is 5.11. The number of nitrogens with one attached hydrogen (secondary N) is 2. The predicted octanol–water partition coefficient (Wildman–Crippen LogP) is 2.15. The van der Waals surface area contributed by atoms with E-state index in [0.717, 1.165) is 16.8 Å². The minimum atomic E-state index is 0.00289. The van der Waals surface area contributed by atoms with E-state index in [1.54, 1.807) is 11.8 Å². The Kier molecular flexibility index (Phi) is 4.76. The highest BCUT2D eigenvalue weighted by Gasteiger charge is 2.39. The van der Waals surface area contributed by atoms with Gasteiger partial charge < -0.3 is 10.6 Å². The molecule has 1 aliphatic carbocycles. The first-order chi connectivity index (χ1) is 8.99. The standard InChI is InChI=1S/C14H25N3OS/c1-10(2)16-12(18)8-15-13-17-14(9-19-13)6-4-11(3)5-7-14/h10-11H,4-9H2,1-3H3,(H,15,17)(H,16,18). The SMILES string of the molecule is CC1CCC2(CC1)CSC(=NCC(=O)NC(C)C)N2. The van der Waals surface area contributed by atoms with Gasteiger partial charge in [-0.15, -0.1) is 0 Å². The van der Waals surface area contributed by atoms with Crippen molar-refractivity contribution >= 4 is 22.8 Å². The molecule has 0 bridgehead atoms. The van der Waals surface area contributed by atoms with Crippen LogP contribution in [0.15, 0.2) is 4.99 Å². The van der Waals surface area contributed by atoms with Crippen LogP contribution in [0.5, 0.6) is 0 Å². The quantitative estimate of drug-likeness (QED) is 0.834. The molecule has 1 spiro atoms. The second-order valence-corrected chi connectivity index (χ2v) is 7.18. The van der Waals surface area contributed by atoms with Crippen LogP contribution >= 0.6 is 11.8 Å². The van der Waals surface area contributed by atoms with Crippen LogP contribution in [-0.2, 0) is 4.79 Å². The Bertz CT molecular complexity index is 360. The van der Waals surface area contributed by atoms with Crippen LogP contribution in [-0.4, -0.2) is 35.0 Å². The fraction of sp³-hybridized carbons (Fsp3) is 0.857. The lowest BCUT2D eigenvalue weighted by atomic mass is 9.78. The molecule has 0 radical (unpaired) electrons. The topological polar surface area (TPSA) is 53.5 Å². The Morgan fingerprint density at radius 2 is 2.21 bits per heavy atom. The van der Waals surface area contributed by atoms with Gasteiger partial charge in [-0.2, -0.15) is 0 Å². The van der Waals surface area contributed by atoms with Gasteiger partial charge in [0.15, 0.2) is 5.17 Å². The highest BCUT2D eigenvalue weighted by Crippen LogP contribution is 2.38. The third-order valence-electron chi connectivity index (χ3n) is 3.90. The molecule has 1 amide bonds. The molecule has 108 valence electrons. The summed E-state index contributed by atoms with van der Waals surface area (Å²) in [6.45, 7) is 6.50. The van der Waals surface area contributed by atoms with Crippen molar-refractivity contribution in [3.05, 3.63) is 0 Å². The number of amides is 1. The van der Waals surface area contributed by atoms with Crippen molar-refractivity contribution in [2.24, 2.45) is 10.9 Å². The van der Waals surface area contributed by atoms with Crippen molar-refractivity contribution in [2.45, 2.75) is 58.0 Å². The smallest absolute Gasteiger partial charge is 0.241 e. The summed E-state index contributed by atoms with van der Waals surface area (Å²) in [7, 11) is 0. The Balaban J connectivity index is 1.83. The molecule has 0 unspecified atom stereocenters. The molecule has 2 N–H and O–H groups in total. The van der Waals surface area contributed by atoms with E-state index in [0.29, 0.717) is 0 Å². The fourth-order valence-electron chi connectivity index (χ4n) is 2.69. The average Bonchev–Trinajstić information content (AvgIpc) is 2.74. The Morgan fingerprint density at radius 1 is 1.53 bits per heavy atom. The molecule has 1 saturated heterocycles. The van der Waals surface area contributed by atoms with Gasteiger partial charge in [0.25, 0.3) is 0 Å². The van der Waals surface area contributed by atoms with E-state index in [1.807, 2.05) is 13.8 Å². The molecular formula is C14H25N3OS. The molecule has 0 atom stereocenters. The van der Waals surface area contributed by atoms with Crippen molar-refractivity contribution < 1.29 is 4.79 Å². The lowest BCUT2D eigenvalue weighted by molar-refractivity contribution is -0.120. The van der Waals surface area contributed by atoms with Crippen LogP contribution in [0.1, 0.15) is 46.5 Å². The van der Waals surface area contributed by atoms with E-state index in [4.69, 9.17) is 0 Å². The molecule has 0 aromatic heterocycles. The van der Waals surface area contributed by atoms with Crippen molar-refractivity contribution in [2.75, 3.05) is 12.3 Å². The Labute approximate surface area is 120 Å². The van der Waals surface area contributed by atoms with Gasteiger partial charge in [0.1, 0.15) is 6.54 Å². The summed E-state index contributed by atoms with van der Waals surface area (Å²) >= 11 is 1.77. The van der Waals surface area contributed by atoms with Gasteiger partial charge in [-0.05, 0) is 45.4 Å². The molecule has 1 heterocycles. The number of aliphatic imine (C=N–C) groups is 1. The zero-order chi connectivity index (χ0) is 13.9. The van der Waals surface area contributed by atoms with Gasteiger partial charge >= 0.3 is 0 Å². The predicted molar refractivity (Wildman–Crippen MR) is 81.5 cm³/mol. The normalized spacial score (nSPS) is 32.8. The molecule has 1 aliphatic heterocycles. The fourth-order valence-corrected chi connectivity index (χ4v) is 3.90.